The highest BCUT2D eigenvalue weighted by atomic mass is 16.6. The molecule has 0 spiro atoms. The van der Waals surface area contributed by atoms with Crippen molar-refractivity contribution in [3.8, 4) is 0 Å². The maximum Gasteiger partial charge on any atom is 0.407 e. The minimum absolute atomic E-state index is 0.319. The third-order valence-electron chi connectivity index (χ3n) is 1.69. The predicted octanol–water partition coefficient (Wildman–Crippen LogP) is -0.166. The van der Waals surface area contributed by atoms with E-state index in [-0.39, 0.29) is 11.7 Å². The fraction of sp³-hybridized carbons (Fsp3) is 0.833. The highest BCUT2D eigenvalue weighted by molar-refractivity contribution is 5.67. The quantitative estimate of drug-likeness (QED) is 0.565. The van der Waals surface area contributed by atoms with Gasteiger partial charge in [0, 0.05) is 13.6 Å². The molecule has 4 nitrogen and oxygen atoms in total. The molecule has 0 atom stereocenters. The van der Waals surface area contributed by atoms with Gasteiger partial charge in [-0.15, -0.1) is 0 Å². The molecule has 3 N–H and O–H groups in total. The number of carbonyl (C=O) groups is 1. The first-order valence-electron chi connectivity index (χ1n) is 3.33. The molecule has 0 heterocycles. The monoisotopic (exact) mass is 144 g/mol. The molecule has 0 radical (unpaired) electrons. The number of alkyl carbamates (subject to hydrolysis) is 1. The SMILES string of the molecule is CNC(=O)OC1(CN)CC1. The molecule has 58 valence electrons. The van der Waals surface area contributed by atoms with Gasteiger partial charge in [0.1, 0.15) is 5.60 Å². The van der Waals surface area contributed by atoms with E-state index in [2.05, 4.69) is 5.32 Å². The van der Waals surface area contributed by atoms with Crippen molar-refractivity contribution in [2.24, 2.45) is 5.73 Å². The Balaban J connectivity index is 2.30. The smallest absolute Gasteiger partial charge is 0.407 e. The first-order valence-corrected chi connectivity index (χ1v) is 3.33. The number of carbonyl (C=O) groups excluding carboxylic acids is 1. The first-order chi connectivity index (χ1) is 4.72. The summed E-state index contributed by atoms with van der Waals surface area (Å²) in [5.74, 6) is 0. The van der Waals surface area contributed by atoms with Crippen molar-refractivity contribution >= 4 is 6.09 Å². The molecule has 4 heteroatoms. The lowest BCUT2D eigenvalue weighted by atomic mass is 10.3. The molecule has 1 amide bonds. The maximum absolute atomic E-state index is 10.6. The average molecular weight is 144 g/mol. The standard InChI is InChI=1S/C6H12N2O2/c1-8-5(9)10-6(4-7)2-3-6/h2-4,7H2,1H3,(H,8,9). The number of hydrogen-bond acceptors (Lipinski definition) is 3. The number of nitrogens with two attached hydrogens (primary N) is 1. The van der Waals surface area contributed by atoms with E-state index in [1.54, 1.807) is 0 Å². The fourth-order valence-corrected chi connectivity index (χ4v) is 0.735. The number of rotatable bonds is 2. The van der Waals surface area contributed by atoms with Crippen molar-refractivity contribution in [1.82, 2.24) is 5.32 Å². The van der Waals surface area contributed by atoms with Gasteiger partial charge in [0.05, 0.1) is 0 Å². The van der Waals surface area contributed by atoms with Crippen LogP contribution < -0.4 is 11.1 Å². The molecule has 1 saturated carbocycles. The van der Waals surface area contributed by atoms with Gasteiger partial charge in [0.15, 0.2) is 0 Å². The third-order valence-corrected chi connectivity index (χ3v) is 1.69. The Bertz CT molecular complexity index is 143. The number of amides is 1. The summed E-state index contributed by atoms with van der Waals surface area (Å²) in [4.78, 5) is 10.6. The van der Waals surface area contributed by atoms with Crippen molar-refractivity contribution < 1.29 is 9.53 Å². The summed E-state index contributed by atoms with van der Waals surface area (Å²) in [6.07, 6.45) is 1.41. The second kappa shape index (κ2) is 2.46. The molecule has 0 aliphatic heterocycles. The van der Waals surface area contributed by atoms with Crippen LogP contribution >= 0.6 is 0 Å². The van der Waals surface area contributed by atoms with Crippen molar-refractivity contribution in [2.45, 2.75) is 18.4 Å². The lowest BCUT2D eigenvalue weighted by Crippen LogP contribution is -2.32. The van der Waals surface area contributed by atoms with Gasteiger partial charge in [-0.2, -0.15) is 0 Å². The first kappa shape index (κ1) is 7.34. The summed E-state index contributed by atoms with van der Waals surface area (Å²) in [7, 11) is 1.54. The second-order valence-electron chi connectivity index (χ2n) is 2.53. The average Bonchev–Trinajstić information content (AvgIpc) is 2.70. The Morgan fingerprint density at radius 2 is 2.40 bits per heavy atom. The van der Waals surface area contributed by atoms with E-state index in [4.69, 9.17) is 10.5 Å². The highest BCUT2D eigenvalue weighted by Crippen LogP contribution is 2.38. The van der Waals surface area contributed by atoms with Crippen LogP contribution in [0.5, 0.6) is 0 Å². The third kappa shape index (κ3) is 1.39. The van der Waals surface area contributed by atoms with E-state index >= 15 is 0 Å². The molecule has 1 fully saturated rings. The molecule has 0 aromatic carbocycles. The number of nitrogens with one attached hydrogen (secondary N) is 1. The van der Waals surface area contributed by atoms with Crippen LogP contribution in [-0.4, -0.2) is 25.3 Å². The van der Waals surface area contributed by atoms with Gasteiger partial charge in [-0.05, 0) is 12.8 Å². The van der Waals surface area contributed by atoms with Crippen LogP contribution in [0.1, 0.15) is 12.8 Å². The normalized spacial score (nSPS) is 19.8. The Kier molecular flexibility index (Phi) is 1.80. The van der Waals surface area contributed by atoms with Crippen LogP contribution in [0.2, 0.25) is 0 Å². The van der Waals surface area contributed by atoms with Crippen LogP contribution in [0, 0.1) is 0 Å². The lowest BCUT2D eigenvalue weighted by Gasteiger charge is -2.12. The molecule has 1 aliphatic rings. The van der Waals surface area contributed by atoms with Gasteiger partial charge in [0.2, 0.25) is 0 Å². The lowest BCUT2D eigenvalue weighted by molar-refractivity contribution is 0.0891. The van der Waals surface area contributed by atoms with Gasteiger partial charge in [-0.3, -0.25) is 0 Å². The molecule has 1 rings (SSSR count). The summed E-state index contributed by atoms with van der Waals surface area (Å²) in [6, 6.07) is 0. The van der Waals surface area contributed by atoms with Gasteiger partial charge < -0.3 is 15.8 Å². The van der Waals surface area contributed by atoms with Crippen molar-refractivity contribution in [1.29, 1.82) is 0 Å². The molecule has 0 aromatic rings. The van der Waals surface area contributed by atoms with Crippen LogP contribution in [0.25, 0.3) is 0 Å². The molecule has 1 aliphatic carbocycles. The Morgan fingerprint density at radius 1 is 1.80 bits per heavy atom. The van der Waals surface area contributed by atoms with Gasteiger partial charge in [0.25, 0.3) is 0 Å². The van der Waals surface area contributed by atoms with Crippen molar-refractivity contribution in [3.05, 3.63) is 0 Å². The summed E-state index contributed by atoms with van der Waals surface area (Å²) in [6.45, 7) is 0.431. The molecule has 0 saturated heterocycles. The zero-order valence-corrected chi connectivity index (χ0v) is 6.02. The second-order valence-corrected chi connectivity index (χ2v) is 2.53. The predicted molar refractivity (Wildman–Crippen MR) is 36.6 cm³/mol. The summed E-state index contributed by atoms with van der Waals surface area (Å²) in [5.41, 5.74) is 5.05. The van der Waals surface area contributed by atoms with E-state index < -0.39 is 0 Å². The van der Waals surface area contributed by atoms with E-state index in [0.29, 0.717) is 6.54 Å². The number of hydrogen-bond donors (Lipinski definition) is 2. The minimum atomic E-state index is -0.386. The zero-order chi connectivity index (χ0) is 7.61. The van der Waals surface area contributed by atoms with Crippen LogP contribution in [0.4, 0.5) is 4.79 Å². The van der Waals surface area contributed by atoms with Crippen LogP contribution in [0.3, 0.4) is 0 Å². The van der Waals surface area contributed by atoms with E-state index in [9.17, 15) is 4.79 Å². The zero-order valence-electron chi connectivity index (χ0n) is 6.02. The molecule has 0 aromatic heterocycles. The summed E-state index contributed by atoms with van der Waals surface area (Å²) >= 11 is 0. The van der Waals surface area contributed by atoms with E-state index in [0.717, 1.165) is 12.8 Å². The van der Waals surface area contributed by atoms with Crippen LogP contribution in [0.15, 0.2) is 0 Å². The Labute approximate surface area is 59.7 Å². The molecular formula is C6H12N2O2. The van der Waals surface area contributed by atoms with E-state index in [1.807, 2.05) is 0 Å². The molecule has 0 unspecified atom stereocenters. The summed E-state index contributed by atoms with van der Waals surface area (Å²) < 4.78 is 4.97. The molecule has 0 bridgehead atoms. The van der Waals surface area contributed by atoms with Gasteiger partial charge >= 0.3 is 6.09 Å². The molecule has 10 heavy (non-hydrogen) atoms. The van der Waals surface area contributed by atoms with Crippen molar-refractivity contribution in [3.63, 3.8) is 0 Å². The summed E-state index contributed by atoms with van der Waals surface area (Å²) in [5, 5.41) is 2.38. The van der Waals surface area contributed by atoms with Gasteiger partial charge in [-0.25, -0.2) is 4.79 Å². The fourth-order valence-electron chi connectivity index (χ4n) is 0.735. The topological polar surface area (TPSA) is 64.3 Å². The maximum atomic E-state index is 10.6. The minimum Gasteiger partial charge on any atom is -0.442 e. The van der Waals surface area contributed by atoms with Crippen molar-refractivity contribution in [2.75, 3.05) is 13.6 Å². The number of ether oxygens (including phenoxy) is 1. The van der Waals surface area contributed by atoms with Gasteiger partial charge in [-0.1, -0.05) is 0 Å². The van der Waals surface area contributed by atoms with E-state index in [1.165, 1.54) is 7.05 Å². The molecular weight excluding hydrogens is 132 g/mol. The Morgan fingerprint density at radius 3 is 2.70 bits per heavy atom. The van der Waals surface area contributed by atoms with Crippen LogP contribution in [-0.2, 0) is 4.74 Å². The highest BCUT2D eigenvalue weighted by Gasteiger charge is 2.45. The largest absolute Gasteiger partial charge is 0.442 e. The Hall–Kier alpha value is -0.770.